The van der Waals surface area contributed by atoms with Crippen LogP contribution in [0.5, 0.6) is 0 Å². The van der Waals surface area contributed by atoms with Crippen LogP contribution in [0.4, 0.5) is 0 Å². The van der Waals surface area contributed by atoms with Crippen LogP contribution in [0.3, 0.4) is 0 Å². The maximum atomic E-state index is 11.8. The molecule has 4 nitrogen and oxygen atoms in total. The van der Waals surface area contributed by atoms with Gasteiger partial charge in [0, 0.05) is 13.1 Å². The molecule has 1 rings (SSSR count). The summed E-state index contributed by atoms with van der Waals surface area (Å²) in [7, 11) is 2.02. The van der Waals surface area contributed by atoms with Gasteiger partial charge in [-0.1, -0.05) is 37.3 Å². The average molecular weight is 322 g/mol. The zero-order valence-electron chi connectivity index (χ0n) is 12.0. The van der Waals surface area contributed by atoms with Crippen molar-refractivity contribution in [1.82, 2.24) is 10.2 Å². The molecule has 0 aromatic heterocycles. The van der Waals surface area contributed by atoms with Gasteiger partial charge in [0.15, 0.2) is 0 Å². The third-order valence-electron chi connectivity index (χ3n) is 2.97. The van der Waals surface area contributed by atoms with Gasteiger partial charge in [0.05, 0.1) is 6.04 Å². The number of hydrogen-bond donors (Lipinski definition) is 2. The molecule has 0 bridgehead atoms. The zero-order valence-corrected chi connectivity index (χ0v) is 13.7. The van der Waals surface area contributed by atoms with E-state index in [2.05, 4.69) is 17.1 Å². The summed E-state index contributed by atoms with van der Waals surface area (Å²) in [6.45, 7) is 4.56. The first-order valence-electron chi connectivity index (χ1n) is 6.39. The molecule has 20 heavy (non-hydrogen) atoms. The largest absolute Gasteiger partial charge is 0.353 e. The van der Waals surface area contributed by atoms with Crippen molar-refractivity contribution < 1.29 is 4.79 Å². The number of carbonyl (C=O) groups excluding carboxylic acids is 1. The number of rotatable bonds is 7. The highest BCUT2D eigenvalue weighted by Crippen LogP contribution is 2.01. The molecular formula is C14H25Cl2N3O. The Hall–Kier alpha value is -0.810. The lowest BCUT2D eigenvalue weighted by molar-refractivity contribution is -0.122. The molecule has 0 aliphatic heterocycles. The van der Waals surface area contributed by atoms with E-state index in [9.17, 15) is 4.79 Å². The third kappa shape index (κ3) is 8.38. The SMILES string of the molecule is CCN(C)CCNC(=O)C(N)Cc1ccccc1.Cl.Cl. The van der Waals surface area contributed by atoms with E-state index in [4.69, 9.17) is 5.73 Å². The van der Waals surface area contributed by atoms with E-state index < -0.39 is 6.04 Å². The first-order chi connectivity index (χ1) is 8.63. The van der Waals surface area contributed by atoms with E-state index in [1.54, 1.807) is 0 Å². The molecule has 1 aromatic rings. The molecule has 1 atom stereocenters. The van der Waals surface area contributed by atoms with Crippen LogP contribution in [-0.4, -0.2) is 43.5 Å². The molecule has 0 radical (unpaired) electrons. The standard InChI is InChI=1S/C14H23N3O.2ClH/c1-3-17(2)10-9-16-14(18)13(15)11-12-7-5-4-6-8-12;;/h4-8,13H,3,9-11,15H2,1-2H3,(H,16,18);2*1H. The van der Waals surface area contributed by atoms with E-state index >= 15 is 0 Å². The van der Waals surface area contributed by atoms with E-state index in [0.717, 1.165) is 18.7 Å². The van der Waals surface area contributed by atoms with Gasteiger partial charge >= 0.3 is 0 Å². The topological polar surface area (TPSA) is 58.4 Å². The minimum absolute atomic E-state index is 0. The average Bonchev–Trinajstić information content (AvgIpc) is 2.39. The first kappa shape index (κ1) is 21.5. The summed E-state index contributed by atoms with van der Waals surface area (Å²) < 4.78 is 0. The van der Waals surface area contributed by atoms with Crippen molar-refractivity contribution in [3.05, 3.63) is 35.9 Å². The fraction of sp³-hybridized carbons (Fsp3) is 0.500. The van der Waals surface area contributed by atoms with Gasteiger partial charge in [0.1, 0.15) is 0 Å². The molecule has 1 amide bonds. The van der Waals surface area contributed by atoms with E-state index in [0.29, 0.717) is 13.0 Å². The second-order valence-electron chi connectivity index (χ2n) is 4.48. The molecule has 0 saturated heterocycles. The fourth-order valence-electron chi connectivity index (χ4n) is 1.62. The van der Waals surface area contributed by atoms with Crippen LogP contribution in [0.1, 0.15) is 12.5 Å². The molecule has 0 saturated carbocycles. The highest BCUT2D eigenvalue weighted by Gasteiger charge is 2.13. The summed E-state index contributed by atoms with van der Waals surface area (Å²) >= 11 is 0. The van der Waals surface area contributed by atoms with Crippen LogP contribution in [0.15, 0.2) is 30.3 Å². The number of nitrogens with two attached hydrogens (primary N) is 1. The normalized spacial score (nSPS) is 11.2. The van der Waals surface area contributed by atoms with Crippen LogP contribution in [0.2, 0.25) is 0 Å². The highest BCUT2D eigenvalue weighted by atomic mass is 35.5. The summed E-state index contributed by atoms with van der Waals surface area (Å²) in [6.07, 6.45) is 0.580. The Labute approximate surface area is 133 Å². The summed E-state index contributed by atoms with van der Waals surface area (Å²) in [5.41, 5.74) is 6.96. The summed E-state index contributed by atoms with van der Waals surface area (Å²) in [5, 5.41) is 2.86. The van der Waals surface area contributed by atoms with Gasteiger partial charge in [0.25, 0.3) is 0 Å². The Bertz CT molecular complexity index is 363. The number of amides is 1. The monoisotopic (exact) mass is 321 g/mol. The molecule has 3 N–H and O–H groups in total. The highest BCUT2D eigenvalue weighted by molar-refractivity contribution is 5.85. The maximum absolute atomic E-state index is 11.8. The van der Waals surface area contributed by atoms with Crippen molar-refractivity contribution in [1.29, 1.82) is 0 Å². The second kappa shape index (κ2) is 12.0. The zero-order chi connectivity index (χ0) is 13.4. The lowest BCUT2D eigenvalue weighted by Crippen LogP contribution is -2.44. The van der Waals surface area contributed by atoms with Gasteiger partial charge in [-0.15, -0.1) is 24.8 Å². The number of nitrogens with zero attached hydrogens (tertiary/aromatic N) is 1. The van der Waals surface area contributed by atoms with Crippen LogP contribution in [0, 0.1) is 0 Å². The van der Waals surface area contributed by atoms with E-state index in [1.807, 2.05) is 37.4 Å². The van der Waals surface area contributed by atoms with Crippen molar-refractivity contribution in [3.63, 3.8) is 0 Å². The third-order valence-corrected chi connectivity index (χ3v) is 2.97. The molecule has 0 aliphatic carbocycles. The Morgan fingerprint density at radius 3 is 2.45 bits per heavy atom. The van der Waals surface area contributed by atoms with Crippen LogP contribution < -0.4 is 11.1 Å². The summed E-state index contributed by atoms with van der Waals surface area (Å²) in [6, 6.07) is 9.36. The molecule has 116 valence electrons. The van der Waals surface area contributed by atoms with Gasteiger partial charge in [-0.2, -0.15) is 0 Å². The Morgan fingerprint density at radius 1 is 1.30 bits per heavy atom. The number of carbonyl (C=O) groups is 1. The van der Waals surface area contributed by atoms with Crippen molar-refractivity contribution in [3.8, 4) is 0 Å². The molecule has 0 heterocycles. The van der Waals surface area contributed by atoms with Crippen LogP contribution in [0.25, 0.3) is 0 Å². The van der Waals surface area contributed by atoms with E-state index in [1.165, 1.54) is 0 Å². The van der Waals surface area contributed by atoms with Gasteiger partial charge in [-0.05, 0) is 25.6 Å². The molecule has 6 heteroatoms. The minimum atomic E-state index is -0.473. The quantitative estimate of drug-likeness (QED) is 0.799. The molecule has 1 aromatic carbocycles. The number of likely N-dealkylation sites (N-methyl/N-ethyl adjacent to an activating group) is 1. The predicted molar refractivity (Wildman–Crippen MR) is 88.8 cm³/mol. The van der Waals surface area contributed by atoms with Gasteiger partial charge in [-0.3, -0.25) is 4.79 Å². The van der Waals surface area contributed by atoms with Crippen LogP contribution >= 0.6 is 24.8 Å². The maximum Gasteiger partial charge on any atom is 0.237 e. The molecule has 0 spiro atoms. The van der Waals surface area contributed by atoms with Crippen molar-refractivity contribution >= 4 is 30.7 Å². The number of halogens is 2. The van der Waals surface area contributed by atoms with Gasteiger partial charge in [0.2, 0.25) is 5.91 Å². The van der Waals surface area contributed by atoms with Gasteiger partial charge in [-0.25, -0.2) is 0 Å². The Kier molecular flexibility index (Phi) is 12.9. The van der Waals surface area contributed by atoms with Crippen LogP contribution in [-0.2, 0) is 11.2 Å². The number of hydrogen-bond acceptors (Lipinski definition) is 3. The van der Waals surface area contributed by atoms with E-state index in [-0.39, 0.29) is 30.7 Å². The first-order valence-corrected chi connectivity index (χ1v) is 6.39. The molecule has 0 aliphatic rings. The summed E-state index contributed by atoms with van der Waals surface area (Å²) in [4.78, 5) is 13.9. The lowest BCUT2D eigenvalue weighted by Gasteiger charge is -2.16. The van der Waals surface area contributed by atoms with Crippen molar-refractivity contribution in [2.24, 2.45) is 5.73 Å². The van der Waals surface area contributed by atoms with Gasteiger partial charge < -0.3 is 16.0 Å². The van der Waals surface area contributed by atoms with Crippen molar-refractivity contribution in [2.75, 3.05) is 26.7 Å². The number of benzene rings is 1. The molecule has 0 fully saturated rings. The lowest BCUT2D eigenvalue weighted by atomic mass is 10.1. The Morgan fingerprint density at radius 2 is 1.90 bits per heavy atom. The molecular weight excluding hydrogens is 297 g/mol. The Balaban J connectivity index is 0. The minimum Gasteiger partial charge on any atom is -0.353 e. The smallest absolute Gasteiger partial charge is 0.237 e. The molecule has 1 unspecified atom stereocenters. The predicted octanol–water partition coefficient (Wildman–Crippen LogP) is 1.47. The fourth-order valence-corrected chi connectivity index (χ4v) is 1.62. The summed E-state index contributed by atoms with van der Waals surface area (Å²) in [5.74, 6) is -0.0802. The number of nitrogens with one attached hydrogen (secondary N) is 1. The van der Waals surface area contributed by atoms with Crippen molar-refractivity contribution in [2.45, 2.75) is 19.4 Å². The second-order valence-corrected chi connectivity index (χ2v) is 4.48.